The van der Waals surface area contributed by atoms with Crippen LogP contribution in [0.2, 0.25) is 18.6 Å². The van der Waals surface area contributed by atoms with Gasteiger partial charge in [-0.25, -0.2) is 0 Å². The Morgan fingerprint density at radius 2 is 1.70 bits per heavy atom. The first-order valence-electron chi connectivity index (χ1n) is 20.1. The maximum Gasteiger partial charge on any atom is 0.297 e. The highest BCUT2D eigenvalue weighted by Crippen LogP contribution is 2.60. The summed E-state index contributed by atoms with van der Waals surface area (Å²) in [6, 6.07) is 30.4. The summed E-state index contributed by atoms with van der Waals surface area (Å²) >= 11 is 0. The molecule has 0 bridgehead atoms. The summed E-state index contributed by atoms with van der Waals surface area (Å²) in [4.78, 5) is 58.5. The van der Waals surface area contributed by atoms with Crippen molar-refractivity contribution in [3.63, 3.8) is 0 Å². The molecule has 8 rings (SSSR count). The smallest absolute Gasteiger partial charge is 0.297 e. The molecule has 14 heteroatoms. The summed E-state index contributed by atoms with van der Waals surface area (Å²) in [6.07, 6.45) is 1.34. The first kappa shape index (κ1) is 40.7. The summed E-state index contributed by atoms with van der Waals surface area (Å²) in [5.41, 5.74) is 1.73. The number of rotatable bonds is 11. The number of nitro benzene ring substituents is 1. The van der Waals surface area contributed by atoms with E-state index in [4.69, 9.17) is 14.2 Å². The van der Waals surface area contributed by atoms with Gasteiger partial charge in [-0.05, 0) is 71.1 Å². The Kier molecular flexibility index (Phi) is 10.7. The third kappa shape index (κ3) is 6.78. The molecule has 1 fully saturated rings. The van der Waals surface area contributed by atoms with Crippen molar-refractivity contribution in [2.24, 2.45) is 5.92 Å². The number of aliphatic hydroxyl groups excluding tert-OH is 1. The molecule has 0 unspecified atom stereocenters. The van der Waals surface area contributed by atoms with Crippen LogP contribution in [0, 0.1) is 16.0 Å². The molecule has 3 aliphatic heterocycles. The van der Waals surface area contributed by atoms with Crippen LogP contribution in [-0.2, 0) is 39.4 Å². The second-order valence-corrected chi connectivity index (χ2v) is 21.2. The van der Waals surface area contributed by atoms with E-state index in [1.807, 2.05) is 67.6 Å². The van der Waals surface area contributed by atoms with Crippen LogP contribution in [0.15, 0.2) is 114 Å². The molecule has 60 heavy (non-hydrogen) atoms. The van der Waals surface area contributed by atoms with Crippen LogP contribution in [-0.4, -0.2) is 72.4 Å². The maximum absolute atomic E-state index is 15.5. The number of ether oxygens (including phenoxy) is 3. The number of anilines is 1. The molecule has 5 aromatic rings. The topological polar surface area (TPSA) is 154 Å². The third-order valence-electron chi connectivity index (χ3n) is 13.0. The number of hydrogen-bond donors (Lipinski definition) is 1. The molecule has 1 N–H and O–H groups in total. The number of pyridine rings is 1. The van der Waals surface area contributed by atoms with Gasteiger partial charge < -0.3 is 29.1 Å². The highest BCUT2D eigenvalue weighted by molar-refractivity contribution is 6.91. The lowest BCUT2D eigenvalue weighted by atomic mass is 9.82. The van der Waals surface area contributed by atoms with Crippen LogP contribution in [0.3, 0.4) is 0 Å². The lowest BCUT2D eigenvalue weighted by molar-refractivity contribution is -0.385. The number of aromatic nitrogens is 1. The van der Waals surface area contributed by atoms with Crippen molar-refractivity contribution in [1.82, 2.24) is 9.47 Å². The molecule has 1 aromatic heterocycles. The Morgan fingerprint density at radius 1 is 0.950 bits per heavy atom. The van der Waals surface area contributed by atoms with E-state index in [9.17, 15) is 24.8 Å². The predicted molar refractivity (Wildman–Crippen MR) is 229 cm³/mol. The van der Waals surface area contributed by atoms with E-state index in [0.717, 1.165) is 16.3 Å². The summed E-state index contributed by atoms with van der Waals surface area (Å²) in [5.74, 6) is -0.230. The Labute approximate surface area is 348 Å². The molecule has 13 nitrogen and oxygen atoms in total. The first-order valence-corrected chi connectivity index (χ1v) is 23.1. The average molecular weight is 829 g/mol. The Hall–Kier alpha value is -6.09. The number of nitrogens with zero attached hydrogens (tertiary/aromatic N) is 4. The van der Waals surface area contributed by atoms with Gasteiger partial charge in [0.2, 0.25) is 5.91 Å². The monoisotopic (exact) mass is 828 g/mol. The average Bonchev–Trinajstić information content (AvgIpc) is 3.68. The van der Waals surface area contributed by atoms with Gasteiger partial charge in [-0.2, -0.15) is 0 Å². The number of nitro groups is 1. The summed E-state index contributed by atoms with van der Waals surface area (Å²) < 4.78 is 19.4. The molecule has 2 amide bonds. The van der Waals surface area contributed by atoms with Crippen molar-refractivity contribution >= 4 is 36.4 Å². The highest BCUT2D eigenvalue weighted by Gasteiger charge is 2.67. The quantitative estimate of drug-likeness (QED) is 0.0980. The van der Waals surface area contributed by atoms with E-state index >= 15 is 4.79 Å². The molecule has 1 saturated heterocycles. The standard InChI is InChI=1S/C46H48N4O9Si/c1-29-43(60(4,5)37-18-16-36(57-2)17-19-37)41(25-42(52)48-27-32-12-7-6-11-31(32)23-35(48)28-51)59-46(29)38-24-34(50(55)56)15-20-39(38)49(45(46)54)26-30-10-8-13-33(22-30)47-21-9-14-40(58-3)44(47)53/h6-22,24,29,35,41,43,51H,23,25-28H2,1-5H3/t29-,35+,41+,43-,46+/m1/s1. The van der Waals surface area contributed by atoms with Crippen LogP contribution < -0.4 is 25.1 Å². The number of carbonyl (C=O) groups is 2. The number of benzene rings is 4. The summed E-state index contributed by atoms with van der Waals surface area (Å²) in [5, 5.41) is 23.9. The minimum atomic E-state index is -2.69. The van der Waals surface area contributed by atoms with Gasteiger partial charge >= 0.3 is 0 Å². The number of aliphatic hydroxyl groups is 1. The van der Waals surface area contributed by atoms with Crippen molar-refractivity contribution in [3.05, 3.63) is 152 Å². The van der Waals surface area contributed by atoms with Crippen LogP contribution in [0.4, 0.5) is 11.4 Å². The van der Waals surface area contributed by atoms with E-state index in [1.54, 1.807) is 53.4 Å². The van der Waals surface area contributed by atoms with Crippen LogP contribution >= 0.6 is 0 Å². The van der Waals surface area contributed by atoms with Gasteiger partial charge in [-0.3, -0.25) is 29.1 Å². The van der Waals surface area contributed by atoms with Crippen LogP contribution in [0.1, 0.15) is 35.6 Å². The van der Waals surface area contributed by atoms with E-state index in [1.165, 1.54) is 23.8 Å². The van der Waals surface area contributed by atoms with Gasteiger partial charge in [0.05, 0.1) is 64.6 Å². The molecular formula is C46H48N4O9Si. The molecule has 0 saturated carbocycles. The van der Waals surface area contributed by atoms with Crippen LogP contribution in [0.5, 0.6) is 11.5 Å². The first-order chi connectivity index (χ1) is 28.8. The fourth-order valence-corrected chi connectivity index (χ4v) is 13.9. The van der Waals surface area contributed by atoms with E-state index in [2.05, 4.69) is 13.1 Å². The van der Waals surface area contributed by atoms with Gasteiger partial charge in [0.25, 0.3) is 17.2 Å². The number of amides is 2. The number of methoxy groups -OCH3 is 2. The lowest BCUT2D eigenvalue weighted by Gasteiger charge is -2.39. The number of non-ortho nitro benzene ring substituents is 1. The lowest BCUT2D eigenvalue weighted by Crippen LogP contribution is -2.52. The molecular weight excluding hydrogens is 781 g/mol. The van der Waals surface area contributed by atoms with Gasteiger partial charge in [-0.1, -0.05) is 73.7 Å². The molecule has 4 heterocycles. The van der Waals surface area contributed by atoms with Crippen LogP contribution in [0.25, 0.3) is 5.69 Å². The van der Waals surface area contributed by atoms with Gasteiger partial charge in [0.15, 0.2) is 11.4 Å². The second kappa shape index (κ2) is 15.8. The largest absolute Gasteiger partial charge is 0.497 e. The highest BCUT2D eigenvalue weighted by atomic mass is 28.3. The number of hydrogen-bond acceptors (Lipinski definition) is 9. The van der Waals surface area contributed by atoms with Gasteiger partial charge in [0, 0.05) is 42.0 Å². The van der Waals surface area contributed by atoms with Crippen molar-refractivity contribution in [3.8, 4) is 17.2 Å². The number of fused-ring (bicyclic) bond motifs is 3. The normalized spacial score (nSPS) is 22.1. The molecule has 0 aliphatic carbocycles. The Morgan fingerprint density at radius 3 is 2.40 bits per heavy atom. The Bertz CT molecular complexity index is 2540. The zero-order valence-corrected chi connectivity index (χ0v) is 35.2. The van der Waals surface area contributed by atoms with Crippen molar-refractivity contribution in [2.45, 2.75) is 69.2 Å². The predicted octanol–water partition coefficient (Wildman–Crippen LogP) is 5.86. The summed E-state index contributed by atoms with van der Waals surface area (Å²) in [6.45, 7) is 6.59. The molecule has 3 aliphatic rings. The summed E-state index contributed by atoms with van der Waals surface area (Å²) in [7, 11) is 0.354. The molecule has 310 valence electrons. The van der Waals surface area contributed by atoms with E-state index in [-0.39, 0.29) is 53.9 Å². The molecule has 5 atom stereocenters. The Balaban J connectivity index is 1.21. The SMILES string of the molecule is COc1ccc([Si](C)(C)[C@H]2[C@H](CC(=O)N3Cc4ccccc4C[C@H]3CO)O[C@@]3(C(=O)N(Cc4cccc(-n5cccc(OC)c5=O)c4)c4ccc([N+](=O)[O-])cc43)[C@@H]2C)cc1. The van der Waals surface area contributed by atoms with Gasteiger partial charge in [0.1, 0.15) is 5.75 Å². The maximum atomic E-state index is 15.5. The molecule has 4 aromatic carbocycles. The fourth-order valence-electron chi connectivity index (χ4n) is 9.92. The third-order valence-corrected chi connectivity index (χ3v) is 17.3. The zero-order chi connectivity index (χ0) is 42.5. The number of carbonyl (C=O) groups excluding carboxylic acids is 2. The molecule has 0 radical (unpaired) electrons. The van der Waals surface area contributed by atoms with E-state index < -0.39 is 36.7 Å². The fraction of sp³-hybridized carbons (Fsp3) is 0.326. The van der Waals surface area contributed by atoms with Crippen molar-refractivity contribution in [2.75, 3.05) is 25.7 Å². The van der Waals surface area contributed by atoms with E-state index in [0.29, 0.717) is 41.2 Å². The van der Waals surface area contributed by atoms with Crippen molar-refractivity contribution < 1.29 is 33.8 Å². The minimum Gasteiger partial charge on any atom is -0.497 e. The zero-order valence-electron chi connectivity index (χ0n) is 34.2. The molecule has 1 spiro atoms. The van der Waals surface area contributed by atoms with Crippen molar-refractivity contribution in [1.29, 1.82) is 0 Å². The second-order valence-electron chi connectivity index (χ2n) is 16.5. The minimum absolute atomic E-state index is 0.0586. The van der Waals surface area contributed by atoms with Gasteiger partial charge in [-0.15, -0.1) is 0 Å².